The van der Waals surface area contributed by atoms with Crippen molar-refractivity contribution in [1.82, 2.24) is 0 Å². The van der Waals surface area contributed by atoms with Crippen molar-refractivity contribution in [2.75, 3.05) is 0 Å². The van der Waals surface area contributed by atoms with Gasteiger partial charge in [-0.15, -0.1) is 0 Å². The molecule has 0 spiro atoms. The normalized spacial score (nSPS) is 12.2. The SMILES string of the molecule is CC(C)(C)C=C=NC(C)(C)C. The van der Waals surface area contributed by atoms with Gasteiger partial charge in [-0.25, -0.2) is 4.99 Å². The number of hydrogen-bond donors (Lipinski definition) is 0. The van der Waals surface area contributed by atoms with E-state index in [2.05, 4.69) is 52.4 Å². The zero-order chi connectivity index (χ0) is 9.12. The first-order chi connectivity index (χ1) is 4.71. The van der Waals surface area contributed by atoms with Gasteiger partial charge in [0.1, 0.15) is 0 Å². The number of rotatable bonds is 0. The van der Waals surface area contributed by atoms with Gasteiger partial charge in [-0.05, 0) is 38.1 Å². The van der Waals surface area contributed by atoms with Crippen LogP contribution < -0.4 is 0 Å². The van der Waals surface area contributed by atoms with Crippen LogP contribution in [0, 0.1) is 5.41 Å². The maximum atomic E-state index is 4.24. The van der Waals surface area contributed by atoms with Gasteiger partial charge < -0.3 is 0 Å². The molecule has 0 aliphatic heterocycles. The van der Waals surface area contributed by atoms with E-state index in [1.54, 1.807) is 0 Å². The Kier molecular flexibility index (Phi) is 3.07. The van der Waals surface area contributed by atoms with Gasteiger partial charge in [0.05, 0.1) is 5.54 Å². The van der Waals surface area contributed by atoms with Gasteiger partial charge in [0.25, 0.3) is 0 Å². The first-order valence-electron chi connectivity index (χ1n) is 4.02. The van der Waals surface area contributed by atoms with Gasteiger partial charge in [0, 0.05) is 0 Å². The summed E-state index contributed by atoms with van der Waals surface area (Å²) in [6.45, 7) is 12.6. The van der Waals surface area contributed by atoms with E-state index in [1.807, 2.05) is 6.08 Å². The molecule has 0 amide bonds. The molecule has 0 N–H and O–H groups in total. The van der Waals surface area contributed by atoms with Gasteiger partial charge in [-0.2, -0.15) is 0 Å². The maximum absolute atomic E-state index is 4.24. The van der Waals surface area contributed by atoms with Crippen molar-refractivity contribution in [3.63, 3.8) is 0 Å². The molecule has 0 radical (unpaired) electrons. The maximum Gasteiger partial charge on any atom is 0.0617 e. The highest BCUT2D eigenvalue weighted by Gasteiger charge is 2.06. The zero-order valence-electron chi connectivity index (χ0n) is 8.52. The lowest BCUT2D eigenvalue weighted by atomic mass is 9.97. The summed E-state index contributed by atoms with van der Waals surface area (Å²) in [6.07, 6.45) is 2.00. The smallest absolute Gasteiger partial charge is 0.0617 e. The van der Waals surface area contributed by atoms with Crippen LogP contribution in [0.5, 0.6) is 0 Å². The van der Waals surface area contributed by atoms with Crippen LogP contribution in [0.1, 0.15) is 41.5 Å². The van der Waals surface area contributed by atoms with E-state index in [4.69, 9.17) is 0 Å². The van der Waals surface area contributed by atoms with Crippen LogP contribution in [0.3, 0.4) is 0 Å². The summed E-state index contributed by atoms with van der Waals surface area (Å²) in [7, 11) is 0. The van der Waals surface area contributed by atoms with E-state index in [-0.39, 0.29) is 11.0 Å². The Labute approximate surface area is 70.2 Å². The van der Waals surface area contributed by atoms with Crippen molar-refractivity contribution in [3.8, 4) is 0 Å². The van der Waals surface area contributed by atoms with E-state index in [0.29, 0.717) is 0 Å². The summed E-state index contributed by atoms with van der Waals surface area (Å²) >= 11 is 0. The summed E-state index contributed by atoms with van der Waals surface area (Å²) in [6, 6.07) is 0. The summed E-state index contributed by atoms with van der Waals surface area (Å²) in [5, 5.41) is 0. The molecule has 1 heteroatoms. The number of aliphatic imine (C=N–C) groups is 1. The third-order valence-corrected chi connectivity index (χ3v) is 0.898. The number of hydrogen-bond acceptors (Lipinski definition) is 1. The highest BCUT2D eigenvalue weighted by Crippen LogP contribution is 2.12. The Morgan fingerprint density at radius 3 is 1.73 bits per heavy atom. The van der Waals surface area contributed by atoms with Crippen LogP contribution >= 0.6 is 0 Å². The van der Waals surface area contributed by atoms with Crippen LogP contribution in [0.2, 0.25) is 0 Å². The largest absolute Gasteiger partial charge is 0.238 e. The molecule has 0 saturated heterocycles. The molecule has 0 heterocycles. The molecule has 0 saturated carbocycles. The molecule has 11 heavy (non-hydrogen) atoms. The first kappa shape index (κ1) is 10.4. The van der Waals surface area contributed by atoms with E-state index >= 15 is 0 Å². The highest BCUT2D eigenvalue weighted by molar-refractivity contribution is 5.53. The molecule has 0 aliphatic rings. The van der Waals surface area contributed by atoms with Crippen LogP contribution in [0.15, 0.2) is 11.1 Å². The minimum absolute atomic E-state index is 0.00174. The molecule has 0 aliphatic carbocycles. The number of nitrogens with zero attached hydrogens (tertiary/aromatic N) is 1. The molecule has 0 atom stereocenters. The fourth-order valence-electron chi connectivity index (χ4n) is 0.420. The Hall–Kier alpha value is -0.550. The molecule has 0 aromatic heterocycles. The minimum Gasteiger partial charge on any atom is -0.238 e. The lowest BCUT2D eigenvalue weighted by molar-refractivity contribution is 0.546. The summed E-state index contributed by atoms with van der Waals surface area (Å²) in [4.78, 5) is 4.24. The molecular formula is C10H19N. The second-order valence-electron chi connectivity index (χ2n) is 4.92. The Balaban J connectivity index is 4.25. The lowest BCUT2D eigenvalue weighted by Gasteiger charge is -2.10. The molecule has 1 nitrogen and oxygen atoms in total. The molecule has 64 valence electrons. The predicted octanol–water partition coefficient (Wildman–Crippen LogP) is 3.06. The van der Waals surface area contributed by atoms with Crippen molar-refractivity contribution in [2.45, 2.75) is 47.1 Å². The Morgan fingerprint density at radius 1 is 1.00 bits per heavy atom. The fourth-order valence-corrected chi connectivity index (χ4v) is 0.420. The van der Waals surface area contributed by atoms with Crippen molar-refractivity contribution >= 4 is 5.87 Å². The summed E-state index contributed by atoms with van der Waals surface area (Å²) in [5.41, 5.74) is 0.191. The van der Waals surface area contributed by atoms with E-state index in [9.17, 15) is 0 Å². The van der Waals surface area contributed by atoms with Gasteiger partial charge in [0.15, 0.2) is 0 Å². The molecule has 0 aromatic rings. The van der Waals surface area contributed by atoms with E-state index in [0.717, 1.165) is 0 Å². The van der Waals surface area contributed by atoms with Crippen molar-refractivity contribution in [3.05, 3.63) is 6.08 Å². The van der Waals surface area contributed by atoms with E-state index in [1.165, 1.54) is 0 Å². The van der Waals surface area contributed by atoms with Crippen molar-refractivity contribution in [1.29, 1.82) is 0 Å². The Bertz CT molecular complexity index is 152. The zero-order valence-corrected chi connectivity index (χ0v) is 8.52. The van der Waals surface area contributed by atoms with Gasteiger partial charge in [-0.3, -0.25) is 0 Å². The minimum atomic E-state index is 0.00174. The third kappa shape index (κ3) is 9.45. The van der Waals surface area contributed by atoms with Gasteiger partial charge in [-0.1, -0.05) is 20.8 Å². The van der Waals surface area contributed by atoms with E-state index < -0.39 is 0 Å². The van der Waals surface area contributed by atoms with Crippen LogP contribution in [-0.2, 0) is 0 Å². The molecule has 0 aromatic carbocycles. The quantitative estimate of drug-likeness (QED) is 0.474. The molecule has 0 rings (SSSR count). The first-order valence-corrected chi connectivity index (χ1v) is 4.02. The predicted molar refractivity (Wildman–Crippen MR) is 51.2 cm³/mol. The molecule has 0 fully saturated rings. The summed E-state index contributed by atoms with van der Waals surface area (Å²) < 4.78 is 0. The van der Waals surface area contributed by atoms with Gasteiger partial charge in [0.2, 0.25) is 0 Å². The average molecular weight is 153 g/mol. The molecular weight excluding hydrogens is 134 g/mol. The van der Waals surface area contributed by atoms with Crippen molar-refractivity contribution < 1.29 is 0 Å². The number of allylic oxidation sites excluding steroid dienone is 1. The topological polar surface area (TPSA) is 12.4 Å². The molecule has 0 bridgehead atoms. The standard InChI is InChI=1S/C10H19N/c1-9(2,3)7-8-11-10(4,5)6/h7H,1-6H3. The highest BCUT2D eigenvalue weighted by atomic mass is 14.8. The Morgan fingerprint density at radius 2 is 1.45 bits per heavy atom. The van der Waals surface area contributed by atoms with Gasteiger partial charge >= 0.3 is 0 Å². The van der Waals surface area contributed by atoms with Crippen LogP contribution in [0.4, 0.5) is 0 Å². The summed E-state index contributed by atoms with van der Waals surface area (Å²) in [5.74, 6) is 2.97. The third-order valence-electron chi connectivity index (χ3n) is 0.898. The second kappa shape index (κ2) is 3.23. The van der Waals surface area contributed by atoms with Crippen LogP contribution in [-0.4, -0.2) is 11.4 Å². The fraction of sp³-hybridized carbons (Fsp3) is 0.800. The van der Waals surface area contributed by atoms with Crippen molar-refractivity contribution in [2.24, 2.45) is 10.4 Å². The molecule has 0 unspecified atom stereocenters. The van der Waals surface area contributed by atoms with Crippen LogP contribution in [0.25, 0.3) is 0 Å². The second-order valence-corrected chi connectivity index (χ2v) is 4.92. The monoisotopic (exact) mass is 153 g/mol. The average Bonchev–Trinajstić information content (AvgIpc) is 1.55. The lowest BCUT2D eigenvalue weighted by Crippen LogP contribution is -2.08.